The highest BCUT2D eigenvalue weighted by molar-refractivity contribution is 5.74. The van der Waals surface area contributed by atoms with E-state index in [-0.39, 0.29) is 50.0 Å². The van der Waals surface area contributed by atoms with Crippen LogP contribution < -0.4 is 20.7 Å². The maximum Gasteiger partial charge on any atom is 0.421 e. The lowest BCUT2D eigenvalue weighted by Crippen LogP contribution is -2.66. The lowest BCUT2D eigenvalue weighted by atomic mass is 9.76. The van der Waals surface area contributed by atoms with Gasteiger partial charge in [0.2, 0.25) is 5.92 Å². The number of hydrogen-bond acceptors (Lipinski definition) is 4. The third-order valence-electron chi connectivity index (χ3n) is 9.33. The van der Waals surface area contributed by atoms with Crippen LogP contribution in [0.1, 0.15) is 83.1 Å². The molecule has 1 aromatic carbocycles. The van der Waals surface area contributed by atoms with Crippen LogP contribution in [0.2, 0.25) is 0 Å². The molecule has 2 saturated heterocycles. The zero-order valence-electron chi connectivity index (χ0n) is 22.5. The van der Waals surface area contributed by atoms with Crippen molar-refractivity contribution < 1.29 is 40.6 Å². The van der Waals surface area contributed by atoms with Crippen molar-refractivity contribution in [3.05, 3.63) is 29.6 Å². The number of nitrogens with one attached hydrogen (secondary N) is 3. The highest BCUT2D eigenvalue weighted by Gasteiger charge is 2.63. The number of alkyl halides is 5. The summed E-state index contributed by atoms with van der Waals surface area (Å²) < 4.78 is 95.0. The monoisotopic (exact) mass is 577 g/mol. The minimum absolute atomic E-state index is 0.117. The molecule has 6 nitrogen and oxygen atoms in total. The number of halogens is 6. The number of carbonyl (C=O) groups is 1. The lowest BCUT2D eigenvalue weighted by molar-refractivity contribution is -0.334. The average Bonchev–Trinajstić information content (AvgIpc) is 3.38. The number of hydrogen-bond donors (Lipinski definition) is 3. The summed E-state index contributed by atoms with van der Waals surface area (Å²) in [5.41, 5.74) is -3.48. The molecule has 40 heavy (non-hydrogen) atoms. The Morgan fingerprint density at radius 2 is 1.70 bits per heavy atom. The largest absolute Gasteiger partial charge is 0.473 e. The summed E-state index contributed by atoms with van der Waals surface area (Å²) in [7, 11) is 0. The van der Waals surface area contributed by atoms with E-state index in [4.69, 9.17) is 9.47 Å². The van der Waals surface area contributed by atoms with Crippen molar-refractivity contribution in [2.75, 3.05) is 6.61 Å². The van der Waals surface area contributed by atoms with Gasteiger partial charge in [0.15, 0.2) is 11.8 Å². The maximum atomic E-state index is 14.2. The van der Waals surface area contributed by atoms with Crippen LogP contribution in [0, 0.1) is 11.7 Å². The van der Waals surface area contributed by atoms with E-state index < -0.39 is 53.4 Å². The second-order valence-electron chi connectivity index (χ2n) is 12.0. The van der Waals surface area contributed by atoms with E-state index in [2.05, 4.69) is 22.9 Å². The van der Waals surface area contributed by atoms with Crippen LogP contribution in [0.15, 0.2) is 18.2 Å². The molecule has 4 aliphatic rings. The summed E-state index contributed by atoms with van der Waals surface area (Å²) in [5.74, 6) is -3.41. The van der Waals surface area contributed by atoms with Crippen molar-refractivity contribution in [3.8, 4) is 5.75 Å². The topological polar surface area (TPSA) is 71.6 Å². The Bertz CT molecular complexity index is 1070. The van der Waals surface area contributed by atoms with Crippen LogP contribution in [0.5, 0.6) is 5.75 Å². The maximum absolute atomic E-state index is 14.2. The van der Waals surface area contributed by atoms with Gasteiger partial charge in [0.05, 0.1) is 12.6 Å². The summed E-state index contributed by atoms with van der Waals surface area (Å²) in [5, 5.41) is 9.10. The first-order valence-electron chi connectivity index (χ1n) is 14.2. The molecule has 224 valence electrons. The number of benzene rings is 1. The molecule has 5 rings (SSSR count). The van der Waals surface area contributed by atoms with Crippen LogP contribution in [0.4, 0.5) is 31.1 Å². The molecule has 0 spiro atoms. The van der Waals surface area contributed by atoms with Crippen molar-refractivity contribution >= 4 is 6.03 Å². The van der Waals surface area contributed by atoms with Gasteiger partial charge in [-0.3, -0.25) is 5.32 Å². The second-order valence-corrected chi connectivity index (χ2v) is 12.0. The fourth-order valence-electron chi connectivity index (χ4n) is 6.78. The van der Waals surface area contributed by atoms with E-state index >= 15 is 0 Å². The van der Waals surface area contributed by atoms with Gasteiger partial charge in [-0.2, -0.15) is 13.2 Å². The lowest BCUT2D eigenvalue weighted by Gasteiger charge is -2.48. The van der Waals surface area contributed by atoms with Gasteiger partial charge in [-0.05, 0) is 69.6 Å². The first kappa shape index (κ1) is 29.3. The predicted molar refractivity (Wildman–Crippen MR) is 135 cm³/mol. The third-order valence-corrected chi connectivity index (χ3v) is 9.33. The number of urea groups is 1. The fraction of sp³-hybridized carbons (Fsp3) is 0.750. The molecule has 1 aromatic rings. The van der Waals surface area contributed by atoms with Crippen LogP contribution >= 0.6 is 0 Å². The first-order valence-corrected chi connectivity index (χ1v) is 14.2. The molecule has 4 unspecified atom stereocenters. The van der Waals surface area contributed by atoms with Crippen molar-refractivity contribution in [3.63, 3.8) is 0 Å². The van der Waals surface area contributed by atoms with Gasteiger partial charge in [0, 0.05) is 36.4 Å². The van der Waals surface area contributed by atoms with E-state index in [1.165, 1.54) is 6.07 Å². The van der Waals surface area contributed by atoms with Crippen LogP contribution in [0.3, 0.4) is 0 Å². The highest BCUT2D eigenvalue weighted by Crippen LogP contribution is 2.53. The predicted octanol–water partition coefficient (Wildman–Crippen LogP) is 6.29. The standard InChI is InChI=1S/C28H37F6N3O3/c1-25(17-4-2-3-5-17)11-10-21(36-24(38)35-19-8-12-26(30,31)13-9-19)23(37-25)40-22-7-6-18(29)16-20(22)27(14-15-39-27)28(32,33)34/h6-7,16-17,19,21,23,37H,2-5,8-15H2,1H3,(H2,35,36,38). The van der Waals surface area contributed by atoms with Gasteiger partial charge in [0.1, 0.15) is 11.6 Å². The number of rotatable bonds is 6. The number of piperidine rings is 1. The Morgan fingerprint density at radius 1 is 1.02 bits per heavy atom. The Hall–Kier alpha value is -2.21. The smallest absolute Gasteiger partial charge is 0.421 e. The molecule has 2 amide bonds. The molecule has 0 aromatic heterocycles. The minimum Gasteiger partial charge on any atom is -0.473 e. The average molecular weight is 578 g/mol. The first-order chi connectivity index (χ1) is 18.8. The molecular weight excluding hydrogens is 540 g/mol. The summed E-state index contributed by atoms with van der Waals surface area (Å²) in [6, 6.07) is 1.42. The van der Waals surface area contributed by atoms with E-state index in [1.54, 1.807) is 0 Å². The second kappa shape index (κ2) is 10.9. The molecule has 4 fully saturated rings. The van der Waals surface area contributed by atoms with Crippen LogP contribution in [0.25, 0.3) is 0 Å². The Kier molecular flexibility index (Phi) is 7.97. The SMILES string of the molecule is CC1(C2CCCC2)CCC(NC(=O)NC2CCC(F)(F)CC2)C(Oc2ccc(F)cc2C2(C(F)(F)F)CCO2)N1. The van der Waals surface area contributed by atoms with Crippen molar-refractivity contribution in [2.45, 2.75) is 119 Å². The Balaban J connectivity index is 1.37. The molecule has 0 radical (unpaired) electrons. The highest BCUT2D eigenvalue weighted by atomic mass is 19.4. The summed E-state index contributed by atoms with van der Waals surface area (Å²) >= 11 is 0. The Morgan fingerprint density at radius 3 is 2.30 bits per heavy atom. The molecule has 0 bridgehead atoms. The van der Waals surface area contributed by atoms with Crippen molar-refractivity contribution in [2.24, 2.45) is 5.92 Å². The van der Waals surface area contributed by atoms with Gasteiger partial charge in [0.25, 0.3) is 0 Å². The quantitative estimate of drug-likeness (QED) is 0.348. The summed E-state index contributed by atoms with van der Waals surface area (Å²) in [6.45, 7) is 1.95. The van der Waals surface area contributed by atoms with Crippen LogP contribution in [-0.2, 0) is 10.3 Å². The molecular formula is C28H37F6N3O3. The van der Waals surface area contributed by atoms with Gasteiger partial charge in [-0.25, -0.2) is 18.0 Å². The minimum atomic E-state index is -4.79. The summed E-state index contributed by atoms with van der Waals surface area (Å²) in [6.07, 6.45) is -0.988. The zero-order valence-corrected chi connectivity index (χ0v) is 22.5. The molecule has 2 aliphatic carbocycles. The summed E-state index contributed by atoms with van der Waals surface area (Å²) in [4.78, 5) is 12.9. The molecule has 3 N–H and O–H groups in total. The van der Waals surface area contributed by atoms with E-state index in [0.29, 0.717) is 18.8 Å². The fourth-order valence-corrected chi connectivity index (χ4v) is 6.78. The van der Waals surface area contributed by atoms with Crippen molar-refractivity contribution in [1.82, 2.24) is 16.0 Å². The molecule has 4 atom stereocenters. The third kappa shape index (κ3) is 5.89. The number of ether oxygens (including phenoxy) is 2. The van der Waals surface area contributed by atoms with Gasteiger partial charge >= 0.3 is 12.2 Å². The number of amides is 2. The zero-order chi connectivity index (χ0) is 28.8. The van der Waals surface area contributed by atoms with Gasteiger partial charge in [-0.15, -0.1) is 0 Å². The van der Waals surface area contributed by atoms with Crippen LogP contribution in [-0.4, -0.2) is 48.6 Å². The van der Waals surface area contributed by atoms with Gasteiger partial charge in [-0.1, -0.05) is 12.8 Å². The van der Waals surface area contributed by atoms with Gasteiger partial charge < -0.3 is 20.1 Å². The molecule has 2 heterocycles. The van der Waals surface area contributed by atoms with E-state index in [0.717, 1.165) is 37.8 Å². The molecule has 2 aliphatic heterocycles. The molecule has 12 heteroatoms. The molecule has 2 saturated carbocycles. The Labute approximate surface area is 229 Å². The van der Waals surface area contributed by atoms with Crippen molar-refractivity contribution in [1.29, 1.82) is 0 Å². The normalized spacial score (nSPS) is 33.3. The number of carbonyl (C=O) groups excluding carboxylic acids is 1. The van der Waals surface area contributed by atoms with E-state index in [9.17, 15) is 31.1 Å². The van der Waals surface area contributed by atoms with E-state index in [1.807, 2.05) is 0 Å².